The fourth-order valence-corrected chi connectivity index (χ4v) is 0.615. The molecule has 0 radical (unpaired) electrons. The molecule has 1 aromatic heterocycles. The van der Waals surface area contributed by atoms with Crippen LogP contribution in [-0.2, 0) is 0 Å². The molecule has 1 heterocycles. The Bertz CT molecular complexity index is 324. The molecule has 0 aliphatic carbocycles. The second kappa shape index (κ2) is 4.01. The van der Waals surface area contributed by atoms with Gasteiger partial charge in [0.05, 0.1) is 6.20 Å². The molecular formula is C6H5F3N4O. The molecule has 14 heavy (non-hydrogen) atoms. The lowest BCUT2D eigenvalue weighted by Gasteiger charge is -2.07. The highest BCUT2D eigenvalue weighted by Crippen LogP contribution is 2.18. The molecule has 8 heteroatoms. The number of aliphatic imine (C=N–C) groups is 1. The van der Waals surface area contributed by atoms with Crippen LogP contribution < -0.4 is 5.48 Å². The van der Waals surface area contributed by atoms with Gasteiger partial charge in [0.15, 0.2) is 5.82 Å². The molecule has 5 nitrogen and oxygen atoms in total. The summed E-state index contributed by atoms with van der Waals surface area (Å²) in [5, 5.41) is 8.17. The third-order valence-electron chi connectivity index (χ3n) is 1.15. The van der Waals surface area contributed by atoms with E-state index in [-0.39, 0.29) is 5.82 Å². The zero-order valence-electron chi connectivity index (χ0n) is 6.65. The lowest BCUT2D eigenvalue weighted by atomic mass is 10.5. The van der Waals surface area contributed by atoms with E-state index in [0.717, 1.165) is 11.7 Å². The second-order valence-corrected chi connectivity index (χ2v) is 2.13. The number of nitrogens with one attached hydrogen (secondary N) is 1. The van der Waals surface area contributed by atoms with Crippen LogP contribution in [0.1, 0.15) is 0 Å². The summed E-state index contributed by atoms with van der Waals surface area (Å²) in [6.07, 6.45) is -1.25. The van der Waals surface area contributed by atoms with Crippen molar-refractivity contribution in [3.05, 3.63) is 18.6 Å². The molecule has 0 aromatic carbocycles. The van der Waals surface area contributed by atoms with E-state index < -0.39 is 12.0 Å². The average molecular weight is 206 g/mol. The molecule has 2 N–H and O–H groups in total. The van der Waals surface area contributed by atoms with E-state index in [2.05, 4.69) is 15.0 Å². The first-order valence-corrected chi connectivity index (χ1v) is 3.36. The number of alkyl halides is 3. The van der Waals surface area contributed by atoms with Gasteiger partial charge in [-0.15, -0.1) is 0 Å². The minimum atomic E-state index is -4.76. The topological polar surface area (TPSA) is 70.4 Å². The van der Waals surface area contributed by atoms with Crippen molar-refractivity contribution < 1.29 is 18.4 Å². The predicted octanol–water partition coefficient (Wildman–Crippen LogP) is 1.05. The van der Waals surface area contributed by atoms with Crippen molar-refractivity contribution in [3.63, 3.8) is 0 Å². The second-order valence-electron chi connectivity index (χ2n) is 2.13. The SMILES string of the molecule is ONC(=Nc1cnccn1)C(F)(F)F. The number of aromatic nitrogens is 2. The lowest BCUT2D eigenvalue weighted by molar-refractivity contribution is -0.0678. The first-order valence-electron chi connectivity index (χ1n) is 3.36. The minimum Gasteiger partial charge on any atom is -0.290 e. The van der Waals surface area contributed by atoms with Crippen molar-refractivity contribution in [2.24, 2.45) is 4.99 Å². The van der Waals surface area contributed by atoms with E-state index in [1.807, 2.05) is 0 Å². The van der Waals surface area contributed by atoms with Gasteiger partial charge in [0, 0.05) is 12.4 Å². The van der Waals surface area contributed by atoms with Gasteiger partial charge in [0.25, 0.3) is 0 Å². The fraction of sp³-hybridized carbons (Fsp3) is 0.167. The first-order chi connectivity index (χ1) is 6.54. The molecule has 76 valence electrons. The molecule has 0 bridgehead atoms. The van der Waals surface area contributed by atoms with Gasteiger partial charge in [-0.05, 0) is 0 Å². The van der Waals surface area contributed by atoms with Gasteiger partial charge in [-0.3, -0.25) is 10.2 Å². The number of hydrogen-bond acceptors (Lipinski definition) is 4. The summed E-state index contributed by atoms with van der Waals surface area (Å²) in [4.78, 5) is 9.99. The summed E-state index contributed by atoms with van der Waals surface area (Å²) in [7, 11) is 0. The number of hydroxylamine groups is 1. The predicted molar refractivity (Wildman–Crippen MR) is 40.1 cm³/mol. The van der Waals surface area contributed by atoms with Crippen molar-refractivity contribution in [2.75, 3.05) is 0 Å². The first kappa shape index (κ1) is 10.4. The summed E-state index contributed by atoms with van der Waals surface area (Å²) in [5.74, 6) is -1.79. The van der Waals surface area contributed by atoms with Crippen molar-refractivity contribution in [2.45, 2.75) is 6.18 Å². The van der Waals surface area contributed by atoms with Crippen molar-refractivity contribution in [1.82, 2.24) is 15.4 Å². The number of hydrogen-bond donors (Lipinski definition) is 2. The van der Waals surface area contributed by atoms with Crippen LogP contribution in [0.2, 0.25) is 0 Å². The van der Waals surface area contributed by atoms with Crippen LogP contribution in [0.5, 0.6) is 0 Å². The summed E-state index contributed by atoms with van der Waals surface area (Å²) in [6, 6.07) is 0. The minimum absolute atomic E-state index is 0.249. The van der Waals surface area contributed by atoms with E-state index in [1.165, 1.54) is 12.4 Å². The van der Waals surface area contributed by atoms with Crippen LogP contribution >= 0.6 is 0 Å². The van der Waals surface area contributed by atoms with Crippen LogP contribution in [0.3, 0.4) is 0 Å². The van der Waals surface area contributed by atoms with Gasteiger partial charge < -0.3 is 0 Å². The summed E-state index contributed by atoms with van der Waals surface area (Å²) < 4.78 is 36.0. The van der Waals surface area contributed by atoms with Gasteiger partial charge >= 0.3 is 6.18 Å². The van der Waals surface area contributed by atoms with Gasteiger partial charge in [0.1, 0.15) is 0 Å². The smallest absolute Gasteiger partial charge is 0.290 e. The molecule has 0 saturated heterocycles. The molecule has 0 unspecified atom stereocenters. The maximum Gasteiger partial charge on any atom is 0.451 e. The molecule has 0 saturated carbocycles. The maximum absolute atomic E-state index is 12.0. The summed E-state index contributed by atoms with van der Waals surface area (Å²) >= 11 is 0. The molecule has 0 aliphatic heterocycles. The number of rotatable bonds is 1. The normalized spacial score (nSPS) is 12.7. The van der Waals surface area contributed by atoms with Crippen molar-refractivity contribution >= 4 is 11.7 Å². The Morgan fingerprint density at radius 2 is 2.14 bits per heavy atom. The quantitative estimate of drug-likeness (QED) is 0.409. The van der Waals surface area contributed by atoms with E-state index in [1.54, 1.807) is 0 Å². The van der Waals surface area contributed by atoms with E-state index in [9.17, 15) is 13.2 Å². The van der Waals surface area contributed by atoms with Gasteiger partial charge in [0.2, 0.25) is 5.84 Å². The largest absolute Gasteiger partial charge is 0.451 e. The Morgan fingerprint density at radius 1 is 1.43 bits per heavy atom. The highest BCUT2D eigenvalue weighted by molar-refractivity contribution is 5.88. The van der Waals surface area contributed by atoms with Gasteiger partial charge in [-0.1, -0.05) is 0 Å². The standard InChI is InChI=1S/C6H5F3N4O/c7-6(8,9)5(13-14)12-4-3-10-1-2-11-4/h1-3,14H,(H,11,12,13). The van der Waals surface area contributed by atoms with Gasteiger partial charge in [-0.25, -0.2) is 15.5 Å². The zero-order valence-corrected chi connectivity index (χ0v) is 6.65. The molecule has 1 aromatic rings. The Balaban J connectivity index is 2.96. The average Bonchev–Trinajstić information content (AvgIpc) is 2.14. The van der Waals surface area contributed by atoms with Crippen molar-refractivity contribution in [3.8, 4) is 0 Å². The Hall–Kier alpha value is -1.70. The van der Waals surface area contributed by atoms with E-state index in [0.29, 0.717) is 0 Å². The highest BCUT2D eigenvalue weighted by Gasteiger charge is 2.36. The summed E-state index contributed by atoms with van der Waals surface area (Å²) in [6.45, 7) is 0. The van der Waals surface area contributed by atoms with Gasteiger partial charge in [-0.2, -0.15) is 13.2 Å². The van der Waals surface area contributed by atoms with Crippen LogP contribution in [-0.4, -0.2) is 27.2 Å². The molecule has 0 fully saturated rings. The number of amidine groups is 1. The molecule has 0 amide bonds. The Morgan fingerprint density at radius 3 is 2.57 bits per heavy atom. The molecule has 0 atom stereocenters. The monoisotopic (exact) mass is 206 g/mol. The highest BCUT2D eigenvalue weighted by atomic mass is 19.4. The van der Waals surface area contributed by atoms with Crippen molar-refractivity contribution in [1.29, 1.82) is 0 Å². The van der Waals surface area contributed by atoms with E-state index in [4.69, 9.17) is 5.21 Å². The molecule has 0 aliphatic rings. The molecule has 0 spiro atoms. The van der Waals surface area contributed by atoms with E-state index >= 15 is 0 Å². The van der Waals surface area contributed by atoms with Crippen LogP contribution in [0.4, 0.5) is 19.0 Å². The number of nitrogens with zero attached hydrogens (tertiary/aromatic N) is 3. The number of halogens is 3. The van der Waals surface area contributed by atoms with Crippen LogP contribution in [0.15, 0.2) is 23.6 Å². The zero-order chi connectivity index (χ0) is 10.6. The Labute approximate surface area is 76.3 Å². The summed E-state index contributed by atoms with van der Waals surface area (Å²) in [5.41, 5.74) is 0.948. The third kappa shape index (κ3) is 2.66. The lowest BCUT2D eigenvalue weighted by Crippen LogP contribution is -2.34. The van der Waals surface area contributed by atoms with Crippen LogP contribution in [0.25, 0.3) is 0 Å². The Kier molecular flexibility index (Phi) is 2.97. The maximum atomic E-state index is 12.0. The van der Waals surface area contributed by atoms with Crippen LogP contribution in [0, 0.1) is 0 Å². The fourth-order valence-electron chi connectivity index (χ4n) is 0.615. The third-order valence-corrected chi connectivity index (χ3v) is 1.15. The molecular weight excluding hydrogens is 201 g/mol. The molecule has 1 rings (SSSR count).